The molecular formula is C14H9BrN2O2S. The molecule has 0 saturated carbocycles. The van der Waals surface area contributed by atoms with Crippen LogP contribution in [0.1, 0.15) is 25.9 Å². The second kappa shape index (κ2) is 5.30. The number of aromatic amines is 1. The summed E-state index contributed by atoms with van der Waals surface area (Å²) >= 11 is 4.29. The van der Waals surface area contributed by atoms with Crippen LogP contribution in [0.4, 0.5) is 0 Å². The molecule has 0 aliphatic carbocycles. The first kappa shape index (κ1) is 13.2. The molecular weight excluding hydrogens is 340 g/mol. The first-order chi connectivity index (χ1) is 9.70. The normalized spacial score (nSPS) is 10.8. The maximum Gasteiger partial charge on any atom is 0.223 e. The van der Waals surface area contributed by atoms with E-state index in [-0.39, 0.29) is 16.9 Å². The van der Waals surface area contributed by atoms with Gasteiger partial charge in [-0.05, 0) is 6.07 Å². The molecule has 20 heavy (non-hydrogen) atoms. The maximum absolute atomic E-state index is 12.5. The van der Waals surface area contributed by atoms with Crippen LogP contribution in [0.5, 0.6) is 0 Å². The summed E-state index contributed by atoms with van der Waals surface area (Å²) in [5, 5.41) is 3.02. The molecule has 0 bridgehead atoms. The molecule has 0 unspecified atom stereocenters. The Kier molecular flexibility index (Phi) is 3.50. The molecule has 100 valence electrons. The van der Waals surface area contributed by atoms with Gasteiger partial charge in [0, 0.05) is 22.5 Å². The summed E-state index contributed by atoms with van der Waals surface area (Å²) in [6, 6.07) is 7.59. The highest BCUT2D eigenvalue weighted by molar-refractivity contribution is 9.09. The van der Waals surface area contributed by atoms with Gasteiger partial charge in [0.2, 0.25) is 5.78 Å². The number of hydrogen-bond acceptors (Lipinski definition) is 4. The van der Waals surface area contributed by atoms with E-state index in [0.717, 1.165) is 10.9 Å². The Balaban J connectivity index is 2.00. The van der Waals surface area contributed by atoms with Crippen LogP contribution in [0.3, 0.4) is 0 Å². The molecule has 1 N–H and O–H groups in total. The summed E-state index contributed by atoms with van der Waals surface area (Å²) in [5.41, 5.74) is 1.81. The summed E-state index contributed by atoms with van der Waals surface area (Å²) < 4.78 is 0. The number of carbonyl (C=O) groups excluding carboxylic acids is 2. The molecule has 2 heterocycles. The van der Waals surface area contributed by atoms with Crippen LogP contribution < -0.4 is 0 Å². The van der Waals surface area contributed by atoms with Crippen molar-refractivity contribution in [3.63, 3.8) is 0 Å². The van der Waals surface area contributed by atoms with Crippen LogP contribution in [-0.4, -0.2) is 26.9 Å². The van der Waals surface area contributed by atoms with Crippen molar-refractivity contribution in [2.45, 2.75) is 0 Å². The highest BCUT2D eigenvalue weighted by Gasteiger charge is 2.19. The third-order valence-electron chi connectivity index (χ3n) is 2.94. The Hall–Kier alpha value is -1.79. The highest BCUT2D eigenvalue weighted by atomic mass is 79.9. The van der Waals surface area contributed by atoms with Crippen LogP contribution in [-0.2, 0) is 0 Å². The lowest BCUT2D eigenvalue weighted by Gasteiger charge is -1.95. The Morgan fingerprint density at radius 2 is 2.10 bits per heavy atom. The van der Waals surface area contributed by atoms with Crippen molar-refractivity contribution in [3.8, 4) is 0 Å². The average molecular weight is 349 g/mol. The fourth-order valence-electron chi connectivity index (χ4n) is 1.95. The Morgan fingerprint density at radius 3 is 2.90 bits per heavy atom. The molecule has 3 rings (SSSR count). The summed E-state index contributed by atoms with van der Waals surface area (Å²) in [7, 11) is 0. The largest absolute Gasteiger partial charge is 0.360 e. The van der Waals surface area contributed by atoms with Gasteiger partial charge < -0.3 is 4.98 Å². The number of fused-ring (bicyclic) bond motifs is 1. The minimum atomic E-state index is -0.166. The third-order valence-corrected chi connectivity index (χ3v) is 4.29. The number of H-pyrrole nitrogens is 1. The number of rotatable bonds is 4. The Labute approximate surface area is 127 Å². The molecule has 2 aromatic heterocycles. The average Bonchev–Trinajstić information content (AvgIpc) is 3.12. The Bertz CT molecular complexity index is 806. The fraction of sp³-hybridized carbons (Fsp3) is 0.0714. The van der Waals surface area contributed by atoms with E-state index in [2.05, 4.69) is 25.9 Å². The number of halogens is 1. The minimum absolute atomic E-state index is 0.126. The number of Topliss-reactive ketones (excluding diaryl/α,β-unsaturated/α-hetero) is 1. The van der Waals surface area contributed by atoms with E-state index in [1.165, 1.54) is 11.3 Å². The lowest BCUT2D eigenvalue weighted by Crippen LogP contribution is -2.04. The van der Waals surface area contributed by atoms with Gasteiger partial charge in [0.1, 0.15) is 5.69 Å². The zero-order chi connectivity index (χ0) is 14.1. The number of carbonyl (C=O) groups is 2. The summed E-state index contributed by atoms with van der Waals surface area (Å²) in [6.45, 7) is 0. The molecule has 0 saturated heterocycles. The molecule has 6 heteroatoms. The van der Waals surface area contributed by atoms with Crippen molar-refractivity contribution >= 4 is 49.7 Å². The van der Waals surface area contributed by atoms with E-state index >= 15 is 0 Å². The molecule has 0 amide bonds. The van der Waals surface area contributed by atoms with Crippen molar-refractivity contribution in [2.75, 3.05) is 5.33 Å². The molecule has 0 atom stereocenters. The van der Waals surface area contributed by atoms with Crippen LogP contribution in [0, 0.1) is 0 Å². The van der Waals surface area contributed by atoms with Crippen molar-refractivity contribution in [1.29, 1.82) is 0 Å². The lowest BCUT2D eigenvalue weighted by atomic mass is 10.1. The van der Waals surface area contributed by atoms with Crippen LogP contribution in [0.25, 0.3) is 10.9 Å². The first-order valence-electron chi connectivity index (χ1n) is 5.86. The quantitative estimate of drug-likeness (QED) is 0.580. The molecule has 0 fully saturated rings. The van der Waals surface area contributed by atoms with Gasteiger partial charge in [0.15, 0.2) is 10.8 Å². The van der Waals surface area contributed by atoms with Gasteiger partial charge in [-0.2, -0.15) is 0 Å². The second-order valence-electron chi connectivity index (χ2n) is 4.17. The van der Waals surface area contributed by atoms with Crippen molar-refractivity contribution in [2.24, 2.45) is 0 Å². The SMILES string of the molecule is O=C(CBr)c1csc(C(=O)c2c[nH]c3ccccc23)n1. The van der Waals surface area contributed by atoms with Crippen molar-refractivity contribution < 1.29 is 9.59 Å². The predicted molar refractivity (Wildman–Crippen MR) is 82.0 cm³/mol. The van der Waals surface area contributed by atoms with Crippen LogP contribution in [0.2, 0.25) is 0 Å². The number of alkyl halides is 1. The smallest absolute Gasteiger partial charge is 0.223 e. The van der Waals surface area contributed by atoms with Gasteiger partial charge in [0.25, 0.3) is 0 Å². The number of hydrogen-bond donors (Lipinski definition) is 1. The number of nitrogens with one attached hydrogen (secondary N) is 1. The van der Waals surface area contributed by atoms with Gasteiger partial charge in [-0.3, -0.25) is 9.59 Å². The van der Waals surface area contributed by atoms with E-state index in [1.807, 2.05) is 24.3 Å². The summed E-state index contributed by atoms with van der Waals surface area (Å²) in [5.74, 6) is -0.291. The molecule has 0 radical (unpaired) electrons. The number of aromatic nitrogens is 2. The van der Waals surface area contributed by atoms with Gasteiger partial charge in [-0.25, -0.2) is 4.98 Å². The van der Waals surface area contributed by atoms with Gasteiger partial charge >= 0.3 is 0 Å². The van der Waals surface area contributed by atoms with Crippen LogP contribution >= 0.6 is 27.3 Å². The van der Waals surface area contributed by atoms with Gasteiger partial charge in [-0.15, -0.1) is 11.3 Å². The molecule has 3 aromatic rings. The first-order valence-corrected chi connectivity index (χ1v) is 7.86. The highest BCUT2D eigenvalue weighted by Crippen LogP contribution is 2.22. The zero-order valence-electron chi connectivity index (χ0n) is 10.2. The minimum Gasteiger partial charge on any atom is -0.360 e. The van der Waals surface area contributed by atoms with Gasteiger partial charge in [-0.1, -0.05) is 34.1 Å². The fourth-order valence-corrected chi connectivity index (χ4v) is 3.01. The monoisotopic (exact) mass is 348 g/mol. The number of thiazole rings is 1. The van der Waals surface area contributed by atoms with Crippen LogP contribution in [0.15, 0.2) is 35.8 Å². The maximum atomic E-state index is 12.5. The van der Waals surface area contributed by atoms with E-state index in [9.17, 15) is 9.59 Å². The van der Waals surface area contributed by atoms with E-state index in [0.29, 0.717) is 16.3 Å². The predicted octanol–water partition coefficient (Wildman–Crippen LogP) is 3.43. The summed E-state index contributed by atoms with van der Waals surface area (Å²) in [6.07, 6.45) is 1.68. The molecule has 4 nitrogen and oxygen atoms in total. The van der Waals surface area contributed by atoms with Crippen molar-refractivity contribution in [3.05, 3.63) is 52.1 Å². The standard InChI is InChI=1S/C14H9BrN2O2S/c15-5-12(18)11-7-20-14(17-11)13(19)9-6-16-10-4-2-1-3-8(9)10/h1-4,6-7,16H,5H2. The summed E-state index contributed by atoms with van der Waals surface area (Å²) in [4.78, 5) is 31.2. The third kappa shape index (κ3) is 2.21. The van der Waals surface area contributed by atoms with Crippen molar-refractivity contribution in [1.82, 2.24) is 9.97 Å². The topological polar surface area (TPSA) is 62.8 Å². The van der Waals surface area contributed by atoms with E-state index in [1.54, 1.807) is 11.6 Å². The molecule has 0 aliphatic heterocycles. The van der Waals surface area contributed by atoms with E-state index < -0.39 is 0 Å². The number of nitrogens with zero attached hydrogens (tertiary/aromatic N) is 1. The lowest BCUT2D eigenvalue weighted by molar-refractivity contribution is 0.101. The number of benzene rings is 1. The molecule has 1 aromatic carbocycles. The number of para-hydroxylation sites is 1. The second-order valence-corrected chi connectivity index (χ2v) is 5.59. The zero-order valence-corrected chi connectivity index (χ0v) is 12.6. The van der Waals surface area contributed by atoms with Gasteiger partial charge in [0.05, 0.1) is 10.9 Å². The Morgan fingerprint density at radius 1 is 1.30 bits per heavy atom. The molecule has 0 aliphatic rings. The van der Waals surface area contributed by atoms with E-state index in [4.69, 9.17) is 0 Å². The number of ketones is 2. The molecule has 0 spiro atoms.